The van der Waals surface area contributed by atoms with E-state index in [-0.39, 0.29) is 24.1 Å². The number of H-pyrrole nitrogens is 1. The van der Waals surface area contributed by atoms with Gasteiger partial charge in [0, 0.05) is 49.8 Å². The highest BCUT2D eigenvalue weighted by molar-refractivity contribution is 5.44. The number of nitriles is 1. The lowest BCUT2D eigenvalue weighted by Crippen LogP contribution is -2.45. The molecule has 0 amide bonds. The number of aromatic nitrogens is 2. The molecule has 3 N–H and O–H groups in total. The molecular weight excluding hydrogens is 457 g/mol. The number of aromatic amines is 1. The van der Waals surface area contributed by atoms with Gasteiger partial charge in [-0.15, -0.1) is 0 Å². The van der Waals surface area contributed by atoms with Crippen molar-refractivity contribution in [3.63, 3.8) is 0 Å². The van der Waals surface area contributed by atoms with E-state index in [2.05, 4.69) is 50.2 Å². The third-order valence-corrected chi connectivity index (χ3v) is 6.19. The minimum absolute atomic E-state index is 0.164. The van der Waals surface area contributed by atoms with Gasteiger partial charge in [0.05, 0.1) is 24.0 Å². The van der Waals surface area contributed by atoms with Crippen molar-refractivity contribution in [2.24, 2.45) is 5.92 Å². The quantitative estimate of drug-likeness (QED) is 0.318. The first-order valence-electron chi connectivity index (χ1n) is 11.9. The molecule has 0 bridgehead atoms. The van der Waals surface area contributed by atoms with Gasteiger partial charge in [0.2, 0.25) is 5.75 Å². The van der Waals surface area contributed by atoms with Gasteiger partial charge in [0.1, 0.15) is 6.67 Å². The zero-order valence-electron chi connectivity index (χ0n) is 19.9. The molecule has 1 fully saturated rings. The summed E-state index contributed by atoms with van der Waals surface area (Å²) in [6.07, 6.45) is 1.78. The second-order valence-corrected chi connectivity index (χ2v) is 8.92. The van der Waals surface area contributed by atoms with Crippen LogP contribution in [0.3, 0.4) is 0 Å². The fraction of sp³-hybridized carbons (Fsp3) is 0.321. The second-order valence-electron chi connectivity index (χ2n) is 8.92. The van der Waals surface area contributed by atoms with Crippen LogP contribution in [0.4, 0.5) is 4.39 Å². The van der Waals surface area contributed by atoms with E-state index in [0.717, 1.165) is 36.3 Å². The van der Waals surface area contributed by atoms with Crippen molar-refractivity contribution in [1.29, 1.82) is 5.26 Å². The summed E-state index contributed by atoms with van der Waals surface area (Å²) in [5.74, 6) is 5.83. The molecule has 2 aromatic carbocycles. The monoisotopic (exact) mass is 485 g/mol. The van der Waals surface area contributed by atoms with E-state index in [4.69, 9.17) is 5.26 Å². The largest absolute Gasteiger partial charge is 0.502 e. The standard InChI is InChI=1S/C28H28FN5O2/c29-11-12-31-15-25(26-27(35)28(36)33-19-32-26)13-22-7-3-20(4-8-22)1-2-21-5-9-23(10-6-21)16-34-17-24(14-30)18-34/h3-10,19,24-25,31,35H,11-13,15-18H2,(H,32,33,36). The molecule has 1 saturated heterocycles. The maximum Gasteiger partial charge on any atom is 0.293 e. The maximum atomic E-state index is 12.6. The summed E-state index contributed by atoms with van der Waals surface area (Å²) in [4.78, 5) is 20.6. The first-order valence-corrected chi connectivity index (χ1v) is 11.9. The van der Waals surface area contributed by atoms with Gasteiger partial charge < -0.3 is 15.4 Å². The van der Waals surface area contributed by atoms with E-state index < -0.39 is 18.0 Å². The van der Waals surface area contributed by atoms with Crippen molar-refractivity contribution in [3.8, 4) is 23.7 Å². The highest BCUT2D eigenvalue weighted by Gasteiger charge is 2.25. The number of nitrogens with zero attached hydrogens (tertiary/aromatic N) is 3. The molecule has 0 radical (unpaired) electrons. The Morgan fingerprint density at radius 3 is 2.36 bits per heavy atom. The molecule has 36 heavy (non-hydrogen) atoms. The number of aromatic hydroxyl groups is 1. The van der Waals surface area contributed by atoms with Crippen molar-refractivity contribution >= 4 is 0 Å². The van der Waals surface area contributed by atoms with E-state index in [9.17, 15) is 14.3 Å². The first kappa shape index (κ1) is 25.1. The lowest BCUT2D eigenvalue weighted by atomic mass is 9.94. The molecule has 1 aliphatic heterocycles. The van der Waals surface area contributed by atoms with Crippen LogP contribution in [0.15, 0.2) is 59.7 Å². The van der Waals surface area contributed by atoms with Crippen LogP contribution >= 0.6 is 0 Å². The molecule has 1 aliphatic rings. The number of hydrogen-bond acceptors (Lipinski definition) is 6. The number of halogens is 1. The molecule has 1 unspecified atom stereocenters. The van der Waals surface area contributed by atoms with E-state index in [1.54, 1.807) is 0 Å². The Hall–Kier alpha value is -3.98. The van der Waals surface area contributed by atoms with E-state index in [1.807, 2.05) is 36.4 Å². The third kappa shape index (κ3) is 6.57. The van der Waals surface area contributed by atoms with Crippen LogP contribution in [-0.4, -0.2) is 52.8 Å². The molecule has 1 aromatic heterocycles. The lowest BCUT2D eigenvalue weighted by molar-refractivity contribution is 0.127. The second kappa shape index (κ2) is 12.1. The van der Waals surface area contributed by atoms with Gasteiger partial charge in [-0.25, -0.2) is 9.37 Å². The molecule has 8 heteroatoms. The average Bonchev–Trinajstić information content (AvgIpc) is 2.87. The molecule has 2 heterocycles. The molecule has 1 atom stereocenters. The van der Waals surface area contributed by atoms with Gasteiger partial charge in [0.25, 0.3) is 5.56 Å². The van der Waals surface area contributed by atoms with Crippen LogP contribution in [-0.2, 0) is 13.0 Å². The molecular formula is C28H28FN5O2. The number of nitrogens with one attached hydrogen (secondary N) is 2. The average molecular weight is 486 g/mol. The van der Waals surface area contributed by atoms with Gasteiger partial charge in [0.15, 0.2) is 0 Å². The van der Waals surface area contributed by atoms with Crippen LogP contribution in [0.5, 0.6) is 5.75 Å². The van der Waals surface area contributed by atoms with Crippen LogP contribution in [0, 0.1) is 29.1 Å². The summed E-state index contributed by atoms with van der Waals surface area (Å²) in [5, 5.41) is 22.1. The Morgan fingerprint density at radius 1 is 1.11 bits per heavy atom. The summed E-state index contributed by atoms with van der Waals surface area (Å²) >= 11 is 0. The smallest absolute Gasteiger partial charge is 0.293 e. The van der Waals surface area contributed by atoms with Crippen molar-refractivity contribution in [3.05, 3.63) is 93.2 Å². The number of alkyl halides is 1. The Balaban J connectivity index is 1.38. The Kier molecular flexibility index (Phi) is 8.46. The van der Waals surface area contributed by atoms with Crippen LogP contribution in [0.1, 0.15) is 33.9 Å². The summed E-state index contributed by atoms with van der Waals surface area (Å²) in [5.41, 5.74) is 3.69. The molecule has 4 rings (SSSR count). The fourth-order valence-corrected chi connectivity index (χ4v) is 4.20. The molecule has 0 saturated carbocycles. The van der Waals surface area contributed by atoms with Gasteiger partial charge in [-0.1, -0.05) is 36.1 Å². The number of rotatable bonds is 9. The third-order valence-electron chi connectivity index (χ3n) is 6.19. The number of hydrogen-bond donors (Lipinski definition) is 3. The van der Waals surface area contributed by atoms with Gasteiger partial charge in [-0.2, -0.15) is 5.26 Å². The van der Waals surface area contributed by atoms with E-state index in [1.165, 1.54) is 11.9 Å². The molecule has 184 valence electrons. The van der Waals surface area contributed by atoms with Gasteiger partial charge in [-0.05, 0) is 41.8 Å². The maximum absolute atomic E-state index is 12.6. The van der Waals surface area contributed by atoms with E-state index in [0.29, 0.717) is 13.0 Å². The summed E-state index contributed by atoms with van der Waals surface area (Å²) in [6, 6.07) is 18.2. The zero-order valence-corrected chi connectivity index (χ0v) is 19.9. The van der Waals surface area contributed by atoms with Gasteiger partial charge in [-0.3, -0.25) is 9.69 Å². The Morgan fingerprint density at radius 2 is 1.75 bits per heavy atom. The highest BCUT2D eigenvalue weighted by atomic mass is 19.1. The SMILES string of the molecule is N#CC1CN(Cc2ccc(C#Cc3ccc(CC(CNCCF)c4nc[nH]c(=O)c4O)cc3)cc2)C1. The Bertz CT molecular complexity index is 1310. The first-order chi connectivity index (χ1) is 17.6. The summed E-state index contributed by atoms with van der Waals surface area (Å²) < 4.78 is 12.6. The van der Waals surface area contributed by atoms with Crippen LogP contribution in [0.2, 0.25) is 0 Å². The fourth-order valence-electron chi connectivity index (χ4n) is 4.20. The molecule has 0 aliphatic carbocycles. The van der Waals surface area contributed by atoms with Crippen LogP contribution in [0.25, 0.3) is 0 Å². The minimum atomic E-state index is -0.595. The summed E-state index contributed by atoms with van der Waals surface area (Å²) in [7, 11) is 0. The van der Waals surface area contributed by atoms with E-state index >= 15 is 0 Å². The normalized spacial score (nSPS) is 14.3. The molecule has 7 nitrogen and oxygen atoms in total. The number of likely N-dealkylation sites (tertiary alicyclic amines) is 1. The number of benzene rings is 2. The van der Waals surface area contributed by atoms with Crippen molar-refractivity contribution in [1.82, 2.24) is 20.2 Å². The minimum Gasteiger partial charge on any atom is -0.502 e. The highest BCUT2D eigenvalue weighted by Crippen LogP contribution is 2.24. The van der Waals surface area contributed by atoms with Crippen molar-refractivity contribution < 1.29 is 9.50 Å². The molecule has 0 spiro atoms. The topological polar surface area (TPSA) is 105 Å². The summed E-state index contributed by atoms with van der Waals surface area (Å²) in [6.45, 7) is 2.59. The molecule has 3 aromatic rings. The Labute approximate surface area is 209 Å². The lowest BCUT2D eigenvalue weighted by Gasteiger charge is -2.35. The predicted octanol–water partition coefficient (Wildman–Crippen LogP) is 2.72. The van der Waals surface area contributed by atoms with Crippen LogP contribution < -0.4 is 10.9 Å². The van der Waals surface area contributed by atoms with Crippen molar-refractivity contribution in [2.45, 2.75) is 18.9 Å². The van der Waals surface area contributed by atoms with Gasteiger partial charge >= 0.3 is 0 Å². The predicted molar refractivity (Wildman–Crippen MR) is 135 cm³/mol. The zero-order chi connectivity index (χ0) is 25.3. The van der Waals surface area contributed by atoms with Crippen molar-refractivity contribution in [2.75, 3.05) is 32.9 Å².